The van der Waals surface area contributed by atoms with Gasteiger partial charge in [0.25, 0.3) is 0 Å². The van der Waals surface area contributed by atoms with Crippen molar-refractivity contribution < 1.29 is 23.8 Å². The molecule has 3 saturated carbocycles. The molecule has 0 saturated heterocycles. The molecule has 5 heteroatoms. The van der Waals surface area contributed by atoms with Crippen LogP contribution < -0.4 is 0 Å². The van der Waals surface area contributed by atoms with Crippen LogP contribution in [0.25, 0.3) is 0 Å². The van der Waals surface area contributed by atoms with Crippen LogP contribution in [0.5, 0.6) is 0 Å². The zero-order valence-corrected chi connectivity index (χ0v) is 17.7. The number of carbonyl (C=O) groups is 2. The topological polar surface area (TPSA) is 63.6 Å². The van der Waals surface area contributed by atoms with E-state index in [-0.39, 0.29) is 52.6 Å². The van der Waals surface area contributed by atoms with Gasteiger partial charge in [-0.05, 0) is 80.4 Å². The van der Waals surface area contributed by atoms with Crippen molar-refractivity contribution in [1.82, 2.24) is 0 Å². The van der Waals surface area contributed by atoms with Crippen molar-refractivity contribution in [3.63, 3.8) is 0 Å². The van der Waals surface area contributed by atoms with Crippen molar-refractivity contribution in [2.75, 3.05) is 0 Å². The Bertz CT molecular complexity index is 859. The number of rotatable bonds is 2. The van der Waals surface area contributed by atoms with E-state index in [4.69, 9.17) is 4.74 Å². The summed E-state index contributed by atoms with van der Waals surface area (Å²) in [5, 5.41) is 10.7. The predicted molar refractivity (Wildman–Crippen MR) is 105 cm³/mol. The first-order chi connectivity index (χ1) is 13.6. The smallest absolute Gasteiger partial charge is 0.303 e. The molecule has 5 aliphatic rings. The lowest BCUT2D eigenvalue weighted by Crippen LogP contribution is -2.59. The lowest BCUT2D eigenvalue weighted by Gasteiger charge is -2.58. The summed E-state index contributed by atoms with van der Waals surface area (Å²) in [5.74, 6) is 0.288. The van der Waals surface area contributed by atoms with E-state index in [2.05, 4.69) is 13.8 Å². The van der Waals surface area contributed by atoms with Crippen LogP contribution in [0.4, 0.5) is 4.39 Å². The van der Waals surface area contributed by atoms with Gasteiger partial charge in [-0.15, -0.1) is 0 Å². The third kappa shape index (κ3) is 2.23. The molecule has 0 bridgehead atoms. The van der Waals surface area contributed by atoms with E-state index in [1.165, 1.54) is 6.92 Å². The number of aliphatic hydroxyl groups is 1. The number of hydrogen-bond donors (Lipinski definition) is 1. The van der Waals surface area contributed by atoms with Crippen LogP contribution in [0, 0.1) is 40.4 Å². The molecule has 4 nitrogen and oxygen atoms in total. The Hall–Kier alpha value is -1.49. The zero-order valence-electron chi connectivity index (χ0n) is 17.7. The van der Waals surface area contributed by atoms with Gasteiger partial charge in [0.1, 0.15) is 11.4 Å². The van der Waals surface area contributed by atoms with Crippen LogP contribution in [0.1, 0.15) is 59.8 Å². The van der Waals surface area contributed by atoms with E-state index in [9.17, 15) is 14.7 Å². The van der Waals surface area contributed by atoms with Crippen LogP contribution in [-0.4, -0.2) is 28.6 Å². The third-order valence-corrected chi connectivity index (χ3v) is 9.68. The van der Waals surface area contributed by atoms with Crippen molar-refractivity contribution in [2.24, 2.45) is 40.4 Å². The van der Waals surface area contributed by atoms with Crippen molar-refractivity contribution in [3.8, 4) is 0 Å². The van der Waals surface area contributed by atoms with Gasteiger partial charge in [-0.2, -0.15) is 0 Å². The monoisotopic (exact) mass is 402 g/mol. The van der Waals surface area contributed by atoms with Gasteiger partial charge in [-0.1, -0.05) is 13.8 Å². The maximum absolute atomic E-state index is 15.3. The molecule has 2 unspecified atom stereocenters. The number of hydrogen-bond acceptors (Lipinski definition) is 4. The third-order valence-electron chi connectivity index (χ3n) is 9.68. The summed E-state index contributed by atoms with van der Waals surface area (Å²) in [7, 11) is 0. The Balaban J connectivity index is 1.59. The molecular weight excluding hydrogens is 371 g/mol. The fourth-order valence-corrected chi connectivity index (χ4v) is 8.19. The zero-order chi connectivity index (χ0) is 20.9. The van der Waals surface area contributed by atoms with Gasteiger partial charge in [0.05, 0.1) is 6.10 Å². The molecule has 29 heavy (non-hydrogen) atoms. The Morgan fingerprint density at radius 3 is 2.59 bits per heavy atom. The normalized spacial score (nSPS) is 51.0. The Morgan fingerprint density at radius 2 is 1.93 bits per heavy atom. The number of ether oxygens (including phenoxy) is 1. The number of fused-ring (bicyclic) bond motifs is 7. The van der Waals surface area contributed by atoms with Gasteiger partial charge in [0.15, 0.2) is 5.78 Å². The molecule has 0 aromatic heterocycles. The molecule has 5 rings (SSSR count). The van der Waals surface area contributed by atoms with E-state index in [0.717, 1.165) is 25.7 Å². The highest BCUT2D eigenvalue weighted by atomic mass is 19.1. The summed E-state index contributed by atoms with van der Waals surface area (Å²) in [6.07, 6.45) is 6.57. The molecule has 0 aliphatic heterocycles. The fraction of sp³-hybridized carbons (Fsp3) is 0.750. The highest BCUT2D eigenvalue weighted by molar-refractivity contribution is 5.97. The molecule has 9 atom stereocenters. The van der Waals surface area contributed by atoms with Crippen LogP contribution in [0.3, 0.4) is 0 Å². The van der Waals surface area contributed by atoms with E-state index in [1.54, 1.807) is 19.1 Å². The van der Waals surface area contributed by atoms with Crippen molar-refractivity contribution in [2.45, 2.75) is 71.5 Å². The molecule has 1 N–H and O–H groups in total. The summed E-state index contributed by atoms with van der Waals surface area (Å²) in [6, 6.07) is 0. The van der Waals surface area contributed by atoms with Gasteiger partial charge < -0.3 is 9.84 Å². The van der Waals surface area contributed by atoms with Crippen LogP contribution in [-0.2, 0) is 14.3 Å². The molecule has 0 aromatic rings. The van der Waals surface area contributed by atoms with E-state index in [1.807, 2.05) is 0 Å². The van der Waals surface area contributed by atoms with Crippen molar-refractivity contribution >= 4 is 11.8 Å². The summed E-state index contributed by atoms with van der Waals surface area (Å²) in [6.45, 7) is 7.41. The number of carbonyl (C=O) groups excluding carboxylic acids is 2. The molecule has 158 valence electrons. The van der Waals surface area contributed by atoms with Gasteiger partial charge in [-0.25, -0.2) is 4.39 Å². The second-order valence-electron chi connectivity index (χ2n) is 10.7. The summed E-state index contributed by atoms with van der Waals surface area (Å²) in [5.41, 5.74) is -0.983. The minimum absolute atomic E-state index is 0.0431. The maximum Gasteiger partial charge on any atom is 0.303 e. The molecule has 3 fully saturated rings. The van der Waals surface area contributed by atoms with Crippen LogP contribution in [0.15, 0.2) is 23.6 Å². The van der Waals surface area contributed by atoms with Crippen molar-refractivity contribution in [3.05, 3.63) is 23.6 Å². The molecule has 0 aromatic carbocycles. The quantitative estimate of drug-likeness (QED) is 0.706. The number of halogens is 1. The second kappa shape index (κ2) is 5.81. The fourth-order valence-electron chi connectivity index (χ4n) is 8.19. The molecule has 5 aliphatic carbocycles. The lowest BCUT2D eigenvalue weighted by molar-refractivity contribution is -0.203. The van der Waals surface area contributed by atoms with Gasteiger partial charge in [0.2, 0.25) is 0 Å². The average molecular weight is 403 g/mol. The lowest BCUT2D eigenvalue weighted by atomic mass is 9.47. The first-order valence-electron chi connectivity index (χ1n) is 11.1. The number of ketones is 1. The Morgan fingerprint density at radius 1 is 1.24 bits per heavy atom. The largest absolute Gasteiger partial charge is 0.456 e. The summed E-state index contributed by atoms with van der Waals surface area (Å²) >= 11 is 0. The number of allylic oxidation sites excluding steroid dienone is 4. The highest BCUT2D eigenvalue weighted by Gasteiger charge is 2.70. The van der Waals surface area contributed by atoms with E-state index < -0.39 is 17.1 Å². The van der Waals surface area contributed by atoms with Gasteiger partial charge in [0, 0.05) is 23.7 Å². The predicted octanol–water partition coefficient (Wildman–Crippen LogP) is 4.13. The SMILES string of the molecule is CC(=O)O[C@@]1([C@H](C)O)CC[C@H]2[C@@H]3C=C(F)C4=CC(=O)C5CC5[C@@]4(C)[C@@H]3CC[C@@]21C. The average Bonchev–Trinajstić information content (AvgIpc) is 3.39. The molecular formula is C24H31FO4. The second-order valence-corrected chi connectivity index (χ2v) is 10.7. The minimum atomic E-state index is -0.916. The Kier molecular flexibility index (Phi) is 3.90. The van der Waals surface area contributed by atoms with Gasteiger partial charge >= 0.3 is 5.97 Å². The standard InChI is InChI=1S/C24H31FO4/c1-12(26)24(29-13(2)27)8-6-16-14-10-20(25)19-11-21(28)15-9-18(15)23(19,4)17(14)5-7-22(16,24)3/h10-12,14-18,26H,5-9H2,1-4H3/t12-,14-,15?,16-,17+,18?,22-,23+,24+/m0/s1. The van der Waals surface area contributed by atoms with Crippen LogP contribution in [0.2, 0.25) is 0 Å². The highest BCUT2D eigenvalue weighted by Crippen LogP contribution is 2.72. The molecule has 0 spiro atoms. The molecule has 0 radical (unpaired) electrons. The van der Waals surface area contributed by atoms with Crippen molar-refractivity contribution in [1.29, 1.82) is 0 Å². The minimum Gasteiger partial charge on any atom is -0.456 e. The first kappa shape index (κ1) is 19.5. The first-order valence-corrected chi connectivity index (χ1v) is 11.1. The summed E-state index contributed by atoms with van der Waals surface area (Å²) < 4.78 is 21.2. The Labute approximate surface area is 171 Å². The summed E-state index contributed by atoms with van der Waals surface area (Å²) in [4.78, 5) is 24.2. The molecule has 0 amide bonds. The van der Waals surface area contributed by atoms with E-state index in [0.29, 0.717) is 12.0 Å². The maximum atomic E-state index is 15.3. The van der Waals surface area contributed by atoms with E-state index >= 15 is 4.39 Å². The number of esters is 1. The van der Waals surface area contributed by atoms with Gasteiger partial charge in [-0.3, -0.25) is 9.59 Å². The number of aliphatic hydroxyl groups excluding tert-OH is 1. The van der Waals surface area contributed by atoms with Crippen LogP contribution >= 0.6 is 0 Å². The molecule has 0 heterocycles.